The highest BCUT2D eigenvalue weighted by molar-refractivity contribution is 5.83. The van der Waals surface area contributed by atoms with Crippen LogP contribution in [0.25, 0.3) is 0 Å². The molecule has 0 spiro atoms. The second-order valence-corrected chi connectivity index (χ2v) is 17.9. The molecule has 16 heteroatoms. The van der Waals surface area contributed by atoms with Crippen LogP contribution < -0.4 is 25.8 Å². The molecule has 0 radical (unpaired) electrons. The Kier molecular flexibility index (Phi) is 20.2. The zero-order valence-electron chi connectivity index (χ0n) is 37.6. The van der Waals surface area contributed by atoms with Gasteiger partial charge in [0, 0.05) is 32.6 Å². The van der Waals surface area contributed by atoms with E-state index >= 15 is 0 Å². The number of ether oxygens (including phenoxy) is 7. The van der Waals surface area contributed by atoms with Gasteiger partial charge in [-0.05, 0) is 95.2 Å². The van der Waals surface area contributed by atoms with Gasteiger partial charge in [0.2, 0.25) is 18.6 Å². The summed E-state index contributed by atoms with van der Waals surface area (Å²) in [6.45, 7) is 20.3. The van der Waals surface area contributed by atoms with Crippen molar-refractivity contribution >= 4 is 30.0 Å². The standard InChI is InChI=1S/C43H72N4O12/c1-26(2)30(19-29-15-16-33(54-13)35(20-29)55-18-14-17-53-12)21-32-34(22-31(27(3)4)37(48)45-23-43(10,11)39(44)50)56-24-47(32)41(52)58-25-57-38(49)36(28(5)6)46-40(51)59-42(7,8)9/h15-16,20,26-28,30-32,34,36H,14,17-19,21-25H2,1-13H3,(H2,44,50)(H,45,48)(H,46,51)/t30-,31-,32?,34?,36-/m0/s1. The number of esters is 1. The summed E-state index contributed by atoms with van der Waals surface area (Å²) in [5.74, 6) is -1.13. The Morgan fingerprint density at radius 1 is 0.898 bits per heavy atom. The summed E-state index contributed by atoms with van der Waals surface area (Å²) >= 11 is 0. The number of hydrogen-bond donors (Lipinski definition) is 3. The number of nitrogens with one attached hydrogen (secondary N) is 2. The lowest BCUT2D eigenvalue weighted by atomic mass is 9.80. The zero-order chi connectivity index (χ0) is 44.7. The lowest BCUT2D eigenvalue weighted by Gasteiger charge is -2.33. The average Bonchev–Trinajstić information content (AvgIpc) is 3.54. The molecule has 0 bridgehead atoms. The number of carbonyl (C=O) groups excluding carboxylic acids is 5. The van der Waals surface area contributed by atoms with Crippen molar-refractivity contribution in [3.05, 3.63) is 23.8 Å². The van der Waals surface area contributed by atoms with Crippen LogP contribution in [0.4, 0.5) is 9.59 Å². The Morgan fingerprint density at radius 2 is 1.58 bits per heavy atom. The molecule has 1 fully saturated rings. The van der Waals surface area contributed by atoms with Crippen molar-refractivity contribution in [2.75, 3.05) is 47.5 Å². The van der Waals surface area contributed by atoms with Gasteiger partial charge in [0.15, 0.2) is 11.5 Å². The molecule has 1 aliphatic rings. The predicted molar refractivity (Wildman–Crippen MR) is 221 cm³/mol. The second kappa shape index (κ2) is 23.5. The Balaban J connectivity index is 2.36. The van der Waals surface area contributed by atoms with E-state index in [2.05, 4.69) is 24.5 Å². The number of nitrogens with two attached hydrogens (primary N) is 1. The zero-order valence-corrected chi connectivity index (χ0v) is 37.6. The third kappa shape index (κ3) is 16.7. The van der Waals surface area contributed by atoms with E-state index in [0.29, 0.717) is 44.0 Å². The van der Waals surface area contributed by atoms with Gasteiger partial charge in [-0.2, -0.15) is 0 Å². The Hall–Kier alpha value is -4.31. The van der Waals surface area contributed by atoms with Crippen molar-refractivity contribution < 1.29 is 57.1 Å². The molecule has 2 unspecified atom stereocenters. The first kappa shape index (κ1) is 50.8. The third-order valence-electron chi connectivity index (χ3n) is 10.4. The number of carbonyl (C=O) groups is 5. The van der Waals surface area contributed by atoms with Crippen LogP contribution in [0.5, 0.6) is 11.5 Å². The normalized spacial score (nSPS) is 17.3. The summed E-state index contributed by atoms with van der Waals surface area (Å²) in [5.41, 5.74) is 4.85. The van der Waals surface area contributed by atoms with Gasteiger partial charge in [-0.1, -0.05) is 47.6 Å². The van der Waals surface area contributed by atoms with E-state index in [1.165, 1.54) is 4.90 Å². The van der Waals surface area contributed by atoms with Crippen molar-refractivity contribution in [2.24, 2.45) is 40.7 Å². The van der Waals surface area contributed by atoms with E-state index < -0.39 is 66.0 Å². The van der Waals surface area contributed by atoms with Crippen LogP contribution >= 0.6 is 0 Å². The number of primary amides is 1. The molecule has 4 amide bonds. The average molecular weight is 837 g/mol. The third-order valence-corrected chi connectivity index (χ3v) is 10.4. The molecule has 1 aromatic rings. The molecule has 1 heterocycles. The van der Waals surface area contributed by atoms with Crippen LogP contribution in [0.1, 0.15) is 101 Å². The van der Waals surface area contributed by atoms with E-state index in [0.717, 1.165) is 5.56 Å². The van der Waals surface area contributed by atoms with Crippen molar-refractivity contribution in [3.8, 4) is 11.5 Å². The summed E-state index contributed by atoms with van der Waals surface area (Å²) in [7, 11) is 3.24. The van der Waals surface area contributed by atoms with Crippen LogP contribution in [0.3, 0.4) is 0 Å². The lowest BCUT2D eigenvalue weighted by molar-refractivity contribution is -0.156. The van der Waals surface area contributed by atoms with E-state index in [1.54, 1.807) is 62.7 Å². The van der Waals surface area contributed by atoms with Gasteiger partial charge in [-0.25, -0.2) is 14.4 Å². The van der Waals surface area contributed by atoms with Gasteiger partial charge in [-0.3, -0.25) is 14.5 Å². The minimum Gasteiger partial charge on any atom is -0.493 e. The molecule has 0 saturated carbocycles. The van der Waals surface area contributed by atoms with Crippen LogP contribution in [0, 0.1) is 35.0 Å². The van der Waals surface area contributed by atoms with Crippen molar-refractivity contribution in [2.45, 2.75) is 126 Å². The number of benzene rings is 1. The van der Waals surface area contributed by atoms with Gasteiger partial charge >= 0.3 is 18.2 Å². The molecule has 336 valence electrons. The maximum absolute atomic E-state index is 13.8. The molecular weight excluding hydrogens is 764 g/mol. The highest BCUT2D eigenvalue weighted by Gasteiger charge is 2.43. The number of nitrogens with zero attached hydrogens (tertiary/aromatic N) is 1. The van der Waals surface area contributed by atoms with E-state index in [-0.39, 0.29) is 49.3 Å². The summed E-state index contributed by atoms with van der Waals surface area (Å²) in [4.78, 5) is 66.3. The SMILES string of the molecule is COCCCOc1cc(C[C@@H](CC2C(C[C@H](C(=O)NCC(C)(C)C(N)=O)C(C)C)OCN2C(=O)OCOC(=O)[C@@H](NC(=O)OC(C)(C)C)C(C)C)C(C)C)ccc1OC. The molecule has 0 aliphatic carbocycles. The first-order chi connectivity index (χ1) is 27.5. The van der Waals surface area contributed by atoms with Gasteiger partial charge in [0.25, 0.3) is 0 Å². The Labute approximate surface area is 351 Å². The second-order valence-electron chi connectivity index (χ2n) is 17.9. The monoisotopic (exact) mass is 837 g/mol. The maximum atomic E-state index is 13.8. The molecule has 16 nitrogen and oxygen atoms in total. The van der Waals surface area contributed by atoms with Gasteiger partial charge in [-0.15, -0.1) is 0 Å². The fourth-order valence-electron chi connectivity index (χ4n) is 6.53. The molecule has 4 N–H and O–H groups in total. The van der Waals surface area contributed by atoms with E-state index in [1.807, 2.05) is 32.0 Å². The summed E-state index contributed by atoms with van der Waals surface area (Å²) in [6, 6.07) is 4.27. The highest BCUT2D eigenvalue weighted by Crippen LogP contribution is 2.36. The number of hydrogen-bond acceptors (Lipinski definition) is 12. The van der Waals surface area contributed by atoms with Gasteiger partial charge in [0.1, 0.15) is 18.4 Å². The fraction of sp³-hybridized carbons (Fsp3) is 0.744. The molecule has 59 heavy (non-hydrogen) atoms. The Bertz CT molecular complexity index is 1530. The van der Waals surface area contributed by atoms with Crippen LogP contribution in [0.15, 0.2) is 18.2 Å². The molecule has 1 aromatic carbocycles. The van der Waals surface area contributed by atoms with E-state index in [4.69, 9.17) is 38.9 Å². The van der Waals surface area contributed by atoms with Crippen LogP contribution in [-0.2, 0) is 44.5 Å². The quantitative estimate of drug-likeness (QED) is 0.0679. The van der Waals surface area contributed by atoms with Crippen molar-refractivity contribution in [1.29, 1.82) is 0 Å². The largest absolute Gasteiger partial charge is 0.493 e. The molecular formula is C43H72N4O12. The first-order valence-corrected chi connectivity index (χ1v) is 20.6. The minimum absolute atomic E-state index is 0.0282. The van der Waals surface area contributed by atoms with Crippen LogP contribution in [0.2, 0.25) is 0 Å². The number of amides is 4. The summed E-state index contributed by atoms with van der Waals surface area (Å²) in [5, 5.41) is 5.43. The smallest absolute Gasteiger partial charge is 0.414 e. The number of rotatable bonds is 23. The van der Waals surface area contributed by atoms with E-state index in [9.17, 15) is 24.0 Å². The Morgan fingerprint density at radius 3 is 2.14 bits per heavy atom. The lowest BCUT2D eigenvalue weighted by Crippen LogP contribution is -2.48. The summed E-state index contributed by atoms with van der Waals surface area (Å²) < 4.78 is 39.2. The molecule has 2 rings (SSSR count). The van der Waals surface area contributed by atoms with Gasteiger partial charge < -0.3 is 49.5 Å². The van der Waals surface area contributed by atoms with Crippen LogP contribution in [-0.4, -0.2) is 106 Å². The fourth-order valence-corrected chi connectivity index (χ4v) is 6.53. The predicted octanol–water partition coefficient (Wildman–Crippen LogP) is 5.82. The summed E-state index contributed by atoms with van der Waals surface area (Å²) in [6.07, 6.45) is 0.0149. The number of alkyl carbamates (subject to hydrolysis) is 1. The maximum Gasteiger partial charge on any atom is 0.414 e. The minimum atomic E-state index is -1.05. The molecule has 0 aromatic heterocycles. The van der Waals surface area contributed by atoms with Crippen molar-refractivity contribution in [1.82, 2.24) is 15.5 Å². The number of methoxy groups -OCH3 is 2. The molecule has 1 aliphatic heterocycles. The van der Waals surface area contributed by atoms with Gasteiger partial charge in [0.05, 0.1) is 31.3 Å². The highest BCUT2D eigenvalue weighted by atomic mass is 16.7. The molecule has 5 atom stereocenters. The topological polar surface area (TPSA) is 203 Å². The first-order valence-electron chi connectivity index (χ1n) is 20.6. The molecule has 1 saturated heterocycles. The van der Waals surface area contributed by atoms with Crippen molar-refractivity contribution in [3.63, 3.8) is 0 Å².